The molecule has 5 heteroatoms. The van der Waals surface area contributed by atoms with Crippen molar-refractivity contribution in [1.29, 1.82) is 0 Å². The van der Waals surface area contributed by atoms with Gasteiger partial charge in [0.25, 0.3) is 0 Å². The summed E-state index contributed by atoms with van der Waals surface area (Å²) >= 11 is 0. The first-order valence-electron chi connectivity index (χ1n) is 6.84. The Kier molecular flexibility index (Phi) is 4.73. The maximum Gasteiger partial charge on any atom is 0.418 e. The van der Waals surface area contributed by atoms with Gasteiger partial charge in [0.15, 0.2) is 6.10 Å². The van der Waals surface area contributed by atoms with Crippen molar-refractivity contribution in [2.75, 3.05) is 6.61 Å². The first-order valence-corrected chi connectivity index (χ1v) is 6.84. The minimum Gasteiger partial charge on any atom is -0.493 e. The number of aliphatic hydroxyl groups is 1. The van der Waals surface area contributed by atoms with Crippen LogP contribution < -0.4 is 4.74 Å². The van der Waals surface area contributed by atoms with Crippen molar-refractivity contribution in [2.24, 2.45) is 0 Å². The smallest absolute Gasteiger partial charge is 0.418 e. The number of halogens is 3. The van der Waals surface area contributed by atoms with Gasteiger partial charge in [-0.2, -0.15) is 13.2 Å². The molecule has 0 aliphatic heterocycles. The van der Waals surface area contributed by atoms with Gasteiger partial charge >= 0.3 is 6.18 Å². The van der Waals surface area contributed by atoms with Gasteiger partial charge in [-0.3, -0.25) is 0 Å². The molecule has 21 heavy (non-hydrogen) atoms. The summed E-state index contributed by atoms with van der Waals surface area (Å²) in [5.74, 6) is 0.539. The molecule has 0 heterocycles. The van der Waals surface area contributed by atoms with E-state index in [1.807, 2.05) is 6.92 Å². The highest BCUT2D eigenvalue weighted by Gasteiger charge is 2.40. The van der Waals surface area contributed by atoms with Gasteiger partial charge < -0.3 is 9.84 Å². The quantitative estimate of drug-likeness (QED) is 0.816. The van der Waals surface area contributed by atoms with Crippen molar-refractivity contribution >= 4 is 10.8 Å². The van der Waals surface area contributed by atoms with Crippen molar-refractivity contribution in [3.05, 3.63) is 42.0 Å². The molecule has 114 valence electrons. The maximum atomic E-state index is 12.7. The number of hydrogen-bond donors (Lipinski definition) is 1. The second kappa shape index (κ2) is 6.35. The monoisotopic (exact) mass is 298 g/mol. The summed E-state index contributed by atoms with van der Waals surface area (Å²) in [7, 11) is 0. The van der Waals surface area contributed by atoms with Crippen molar-refractivity contribution in [3.8, 4) is 5.75 Å². The van der Waals surface area contributed by atoms with Crippen LogP contribution in [0.4, 0.5) is 13.2 Å². The molecule has 2 nitrogen and oxygen atoms in total. The van der Waals surface area contributed by atoms with Gasteiger partial charge in [-0.25, -0.2) is 0 Å². The molecule has 0 amide bonds. The molecule has 2 aromatic carbocycles. The lowest BCUT2D eigenvalue weighted by Crippen LogP contribution is -2.20. The van der Waals surface area contributed by atoms with Gasteiger partial charge in [0.2, 0.25) is 0 Å². The number of unbranched alkanes of at least 4 members (excludes halogenated alkanes) is 1. The number of ether oxygens (including phenoxy) is 1. The molecule has 2 rings (SSSR count). The second-order valence-electron chi connectivity index (χ2n) is 4.84. The fourth-order valence-electron chi connectivity index (χ4n) is 2.17. The Morgan fingerprint density at radius 2 is 1.76 bits per heavy atom. The van der Waals surface area contributed by atoms with E-state index in [1.165, 1.54) is 12.1 Å². The molecule has 0 radical (unpaired) electrons. The van der Waals surface area contributed by atoms with Crippen LogP contribution in [0.3, 0.4) is 0 Å². The van der Waals surface area contributed by atoms with E-state index < -0.39 is 12.3 Å². The molecule has 0 bridgehead atoms. The van der Waals surface area contributed by atoms with Gasteiger partial charge in [-0.05, 0) is 23.4 Å². The van der Waals surface area contributed by atoms with E-state index in [9.17, 15) is 18.3 Å². The first-order chi connectivity index (χ1) is 9.95. The Bertz CT molecular complexity index is 608. The summed E-state index contributed by atoms with van der Waals surface area (Å²) < 4.78 is 43.8. The SMILES string of the molecule is CCCCOc1cccc2c(C(O)C(F)(F)F)cccc12. The van der Waals surface area contributed by atoms with Crippen LogP contribution in [-0.2, 0) is 0 Å². The third-order valence-electron chi connectivity index (χ3n) is 3.28. The lowest BCUT2D eigenvalue weighted by molar-refractivity contribution is -0.206. The third kappa shape index (κ3) is 3.47. The van der Waals surface area contributed by atoms with Gasteiger partial charge in [0, 0.05) is 5.39 Å². The van der Waals surface area contributed by atoms with Crippen LogP contribution >= 0.6 is 0 Å². The average molecular weight is 298 g/mol. The summed E-state index contributed by atoms with van der Waals surface area (Å²) in [4.78, 5) is 0. The molecule has 1 atom stereocenters. The summed E-state index contributed by atoms with van der Waals surface area (Å²) in [6.07, 6.45) is -5.33. The lowest BCUT2D eigenvalue weighted by atomic mass is 9.99. The molecule has 1 unspecified atom stereocenters. The maximum absolute atomic E-state index is 12.7. The van der Waals surface area contributed by atoms with Crippen LogP contribution in [0.5, 0.6) is 5.75 Å². The van der Waals surface area contributed by atoms with Crippen LogP contribution in [0.1, 0.15) is 31.4 Å². The Labute approximate surface area is 121 Å². The molecule has 0 aliphatic carbocycles. The van der Waals surface area contributed by atoms with Crippen LogP contribution in [0.2, 0.25) is 0 Å². The van der Waals surface area contributed by atoms with Crippen LogP contribution in [0.15, 0.2) is 36.4 Å². The minimum absolute atomic E-state index is 0.152. The first kappa shape index (κ1) is 15.6. The Morgan fingerprint density at radius 3 is 2.43 bits per heavy atom. The van der Waals surface area contributed by atoms with Gasteiger partial charge in [0.05, 0.1) is 6.61 Å². The largest absolute Gasteiger partial charge is 0.493 e. The lowest BCUT2D eigenvalue weighted by Gasteiger charge is -2.18. The van der Waals surface area contributed by atoms with E-state index >= 15 is 0 Å². The molecular weight excluding hydrogens is 281 g/mol. The second-order valence-corrected chi connectivity index (χ2v) is 4.84. The van der Waals surface area contributed by atoms with Crippen molar-refractivity contribution in [1.82, 2.24) is 0 Å². The topological polar surface area (TPSA) is 29.5 Å². The van der Waals surface area contributed by atoms with Crippen LogP contribution in [0, 0.1) is 0 Å². The molecule has 1 N–H and O–H groups in total. The summed E-state index contributed by atoms with van der Waals surface area (Å²) in [6.45, 7) is 2.55. The number of fused-ring (bicyclic) bond motifs is 1. The van der Waals surface area contributed by atoms with E-state index in [1.54, 1.807) is 24.3 Å². The minimum atomic E-state index is -4.69. The highest BCUT2D eigenvalue weighted by Crippen LogP contribution is 2.38. The zero-order chi connectivity index (χ0) is 15.5. The average Bonchev–Trinajstić information content (AvgIpc) is 2.45. The van der Waals surface area contributed by atoms with E-state index in [0.29, 0.717) is 23.1 Å². The van der Waals surface area contributed by atoms with E-state index in [-0.39, 0.29) is 5.56 Å². The molecule has 0 spiro atoms. The number of hydrogen-bond acceptors (Lipinski definition) is 2. The van der Waals surface area contributed by atoms with Crippen LogP contribution in [0.25, 0.3) is 10.8 Å². The third-order valence-corrected chi connectivity index (χ3v) is 3.28. The molecule has 0 saturated carbocycles. The van der Waals surface area contributed by atoms with E-state index in [4.69, 9.17) is 4.74 Å². The zero-order valence-electron chi connectivity index (χ0n) is 11.7. The van der Waals surface area contributed by atoms with Crippen molar-refractivity contribution < 1.29 is 23.0 Å². The van der Waals surface area contributed by atoms with Gasteiger partial charge in [-0.15, -0.1) is 0 Å². The fraction of sp³-hybridized carbons (Fsp3) is 0.375. The van der Waals surface area contributed by atoms with Crippen molar-refractivity contribution in [3.63, 3.8) is 0 Å². The highest BCUT2D eigenvalue weighted by atomic mass is 19.4. The van der Waals surface area contributed by atoms with Crippen molar-refractivity contribution in [2.45, 2.75) is 32.0 Å². The Morgan fingerprint density at radius 1 is 1.10 bits per heavy atom. The number of alkyl halides is 3. The highest BCUT2D eigenvalue weighted by molar-refractivity contribution is 5.91. The van der Waals surface area contributed by atoms with Crippen LogP contribution in [-0.4, -0.2) is 17.9 Å². The molecule has 0 saturated heterocycles. The fourth-order valence-corrected chi connectivity index (χ4v) is 2.17. The molecule has 0 aromatic heterocycles. The predicted octanol–water partition coefficient (Wildman–Crippen LogP) is 4.61. The summed E-state index contributed by atoms with van der Waals surface area (Å²) in [6, 6.07) is 9.41. The van der Waals surface area contributed by atoms with Gasteiger partial charge in [-0.1, -0.05) is 43.7 Å². The van der Waals surface area contributed by atoms with E-state index in [2.05, 4.69) is 0 Å². The van der Waals surface area contributed by atoms with Gasteiger partial charge in [0.1, 0.15) is 5.75 Å². The molecule has 0 fully saturated rings. The number of benzene rings is 2. The normalized spacial score (nSPS) is 13.4. The summed E-state index contributed by atoms with van der Waals surface area (Å²) in [5.41, 5.74) is -0.152. The standard InChI is InChI=1S/C16H17F3O2/c1-2-3-10-21-14-9-5-6-11-12(14)7-4-8-13(11)15(20)16(17,18)19/h4-9,15,20H,2-3,10H2,1H3. The summed E-state index contributed by atoms with van der Waals surface area (Å²) in [5, 5.41) is 10.4. The molecule has 0 aliphatic rings. The Hall–Kier alpha value is -1.75. The molecular formula is C16H17F3O2. The number of aliphatic hydroxyl groups excluding tert-OH is 1. The zero-order valence-corrected chi connectivity index (χ0v) is 11.7. The molecule has 2 aromatic rings. The Balaban J connectivity index is 2.44. The van der Waals surface area contributed by atoms with E-state index in [0.717, 1.165) is 12.8 Å². The number of rotatable bonds is 5. The predicted molar refractivity (Wildman–Crippen MR) is 75.4 cm³/mol.